The van der Waals surface area contributed by atoms with Gasteiger partial charge in [0.05, 0.1) is 22.7 Å². The number of nitrogens with zero attached hydrogens (tertiary/aromatic N) is 3. The van der Waals surface area contributed by atoms with Gasteiger partial charge in [-0.2, -0.15) is 4.31 Å². The minimum absolute atomic E-state index is 0.00160. The zero-order valence-electron chi connectivity index (χ0n) is 20.8. The number of amides is 1. The number of amidine groups is 1. The van der Waals surface area contributed by atoms with Gasteiger partial charge in [-0.1, -0.05) is 38.1 Å². The number of carbonyl (C=O) groups excluding carboxylic acids is 1. The molecule has 1 unspecified atom stereocenters. The van der Waals surface area contributed by atoms with Gasteiger partial charge in [-0.15, -0.1) is 0 Å². The Balaban J connectivity index is 1.44. The van der Waals surface area contributed by atoms with Crippen molar-refractivity contribution >= 4 is 33.5 Å². The fourth-order valence-electron chi connectivity index (χ4n) is 5.22. The number of benzene rings is 2. The molecule has 3 atom stereocenters. The van der Waals surface area contributed by atoms with Crippen molar-refractivity contribution in [2.75, 3.05) is 26.2 Å². The third-order valence-electron chi connectivity index (χ3n) is 7.00. The van der Waals surface area contributed by atoms with E-state index >= 15 is 0 Å². The molecule has 0 saturated carbocycles. The van der Waals surface area contributed by atoms with E-state index in [9.17, 15) is 13.2 Å². The van der Waals surface area contributed by atoms with Crippen molar-refractivity contribution in [2.24, 2.45) is 10.7 Å². The highest BCUT2D eigenvalue weighted by Gasteiger charge is 2.57. The number of fused-ring (bicyclic) bond motifs is 2. The topological polar surface area (TPSA) is 108 Å². The first kappa shape index (κ1) is 24.7. The van der Waals surface area contributed by atoms with Crippen LogP contribution in [0, 0.1) is 0 Å². The van der Waals surface area contributed by atoms with Crippen molar-refractivity contribution in [3.8, 4) is 11.1 Å². The number of piperazine rings is 1. The van der Waals surface area contributed by atoms with Crippen LogP contribution in [0.15, 0.2) is 57.9 Å². The first-order valence-corrected chi connectivity index (χ1v) is 14.1. The van der Waals surface area contributed by atoms with Crippen molar-refractivity contribution < 1.29 is 13.2 Å². The molecule has 3 aliphatic heterocycles. The number of nitrogens with two attached hydrogens (primary N) is 1. The van der Waals surface area contributed by atoms with E-state index in [1.807, 2.05) is 35.2 Å². The molecule has 0 bridgehead atoms. The Kier molecular flexibility index (Phi) is 6.72. The van der Waals surface area contributed by atoms with Crippen LogP contribution in [0.2, 0.25) is 0 Å². The van der Waals surface area contributed by atoms with Crippen LogP contribution in [-0.2, 0) is 14.8 Å². The number of hydrogen-bond acceptors (Lipinski definition) is 6. The molecule has 0 radical (unpaired) electrons. The molecule has 3 heterocycles. The molecule has 2 fully saturated rings. The lowest BCUT2D eigenvalue weighted by Gasteiger charge is -2.22. The van der Waals surface area contributed by atoms with Gasteiger partial charge < -0.3 is 16.0 Å². The zero-order chi connectivity index (χ0) is 25.4. The van der Waals surface area contributed by atoms with Gasteiger partial charge in [0.25, 0.3) is 0 Å². The second kappa shape index (κ2) is 9.80. The van der Waals surface area contributed by atoms with Gasteiger partial charge >= 0.3 is 0 Å². The lowest BCUT2D eigenvalue weighted by molar-refractivity contribution is -0.127. The molecule has 2 aromatic carbocycles. The molecule has 0 aromatic heterocycles. The molecule has 3 aliphatic rings. The zero-order valence-corrected chi connectivity index (χ0v) is 21.6. The van der Waals surface area contributed by atoms with Crippen LogP contribution in [0.1, 0.15) is 38.7 Å². The molecular weight excluding hydrogens is 474 g/mol. The smallest absolute Gasteiger partial charge is 0.250 e. The summed E-state index contributed by atoms with van der Waals surface area (Å²) in [6.07, 6.45) is 3.98. The van der Waals surface area contributed by atoms with Gasteiger partial charge in [-0.05, 0) is 48.2 Å². The summed E-state index contributed by atoms with van der Waals surface area (Å²) >= 11 is 0. The van der Waals surface area contributed by atoms with Crippen LogP contribution >= 0.6 is 0 Å². The van der Waals surface area contributed by atoms with Crippen molar-refractivity contribution in [1.29, 1.82) is 0 Å². The number of nitrogens with one attached hydrogen (secondary N) is 1. The maximum atomic E-state index is 13.2. The summed E-state index contributed by atoms with van der Waals surface area (Å²) in [6.45, 7) is 6.97. The van der Waals surface area contributed by atoms with Gasteiger partial charge in [-0.25, -0.2) is 13.4 Å². The highest BCUT2D eigenvalue weighted by Crippen LogP contribution is 2.39. The van der Waals surface area contributed by atoms with Crippen molar-refractivity contribution in [3.05, 3.63) is 53.6 Å². The second-order valence-electron chi connectivity index (χ2n) is 9.67. The predicted octanol–water partition coefficient (Wildman–Crippen LogP) is 3.12. The van der Waals surface area contributed by atoms with E-state index in [0.29, 0.717) is 54.6 Å². The van der Waals surface area contributed by atoms with Gasteiger partial charge in [-0.3, -0.25) is 4.79 Å². The van der Waals surface area contributed by atoms with Gasteiger partial charge in [0.2, 0.25) is 15.9 Å². The Hall–Kier alpha value is -3.01. The Morgan fingerprint density at radius 2 is 1.78 bits per heavy atom. The summed E-state index contributed by atoms with van der Waals surface area (Å²) in [7, 11) is -3.53. The lowest BCUT2D eigenvalue weighted by atomic mass is 10.0. The molecule has 2 saturated heterocycles. The minimum Gasteiger partial charge on any atom is -0.387 e. The van der Waals surface area contributed by atoms with E-state index in [1.165, 1.54) is 0 Å². The summed E-state index contributed by atoms with van der Waals surface area (Å²) < 4.78 is 28.0. The predicted molar refractivity (Wildman–Crippen MR) is 142 cm³/mol. The van der Waals surface area contributed by atoms with Crippen LogP contribution in [0.4, 0.5) is 5.69 Å². The highest BCUT2D eigenvalue weighted by molar-refractivity contribution is 7.89. The normalized spacial score (nSPS) is 22.7. The third kappa shape index (κ3) is 4.58. The molecule has 3 N–H and O–H groups in total. The molecular formula is C27H33N5O3S. The van der Waals surface area contributed by atoms with Crippen LogP contribution < -0.4 is 11.1 Å². The third-order valence-corrected chi connectivity index (χ3v) is 8.95. The standard InChI is InChI=1S/C27H33N5O3S/c1-3-10-31(11-4-2)27(33)21-12-20-9-8-19(14-23(20)30-26(28)15-21)18-6-5-7-22(13-18)36(34,35)32-24-16-29-17-25(24)32/h5-9,12-14,24-25,29H,3-4,10-11,15-17H2,1-2H3,(H2,28,30)/t24-,25+,32?. The van der Waals surface area contributed by atoms with Crippen molar-refractivity contribution in [3.63, 3.8) is 0 Å². The molecule has 190 valence electrons. The van der Waals surface area contributed by atoms with E-state index in [-0.39, 0.29) is 18.0 Å². The van der Waals surface area contributed by atoms with Crippen LogP contribution in [-0.4, -0.2) is 67.6 Å². The molecule has 0 spiro atoms. The molecule has 2 aromatic rings. The maximum Gasteiger partial charge on any atom is 0.250 e. The van der Waals surface area contributed by atoms with Crippen LogP contribution in [0.25, 0.3) is 17.2 Å². The van der Waals surface area contributed by atoms with Gasteiger partial charge in [0, 0.05) is 43.7 Å². The number of rotatable bonds is 8. The molecule has 9 heteroatoms. The van der Waals surface area contributed by atoms with Gasteiger partial charge in [0.1, 0.15) is 5.84 Å². The Bertz CT molecular complexity index is 1330. The van der Waals surface area contributed by atoms with E-state index in [4.69, 9.17) is 5.73 Å². The largest absolute Gasteiger partial charge is 0.387 e. The second-order valence-corrected chi connectivity index (χ2v) is 11.5. The number of hydrogen-bond donors (Lipinski definition) is 2. The average Bonchev–Trinajstić information content (AvgIpc) is 3.44. The van der Waals surface area contributed by atoms with Crippen molar-refractivity contribution in [2.45, 2.75) is 50.1 Å². The first-order valence-electron chi connectivity index (χ1n) is 12.6. The molecule has 5 rings (SSSR count). The summed E-state index contributed by atoms with van der Waals surface area (Å²) in [5.74, 6) is 0.387. The molecule has 0 aliphatic carbocycles. The Labute approximate surface area is 212 Å². The summed E-state index contributed by atoms with van der Waals surface area (Å²) in [5, 5.41) is 3.22. The van der Waals surface area contributed by atoms with E-state index in [1.54, 1.807) is 22.5 Å². The number of aliphatic imine (C=N–C) groups is 1. The SMILES string of the molecule is CCCN(CCC)C(=O)C1=Cc2ccc(-c3cccc(S(=O)(=O)N4[C@@H]5CNC[C@@H]54)c3)cc2N=C(N)C1. The summed E-state index contributed by atoms with van der Waals surface area (Å²) in [6, 6.07) is 12.9. The Morgan fingerprint density at radius 1 is 1.08 bits per heavy atom. The monoisotopic (exact) mass is 507 g/mol. The molecule has 1 amide bonds. The summed E-state index contributed by atoms with van der Waals surface area (Å²) in [5.41, 5.74) is 9.99. The van der Waals surface area contributed by atoms with Crippen LogP contribution in [0.3, 0.4) is 0 Å². The number of sulfonamides is 1. The quantitative estimate of drug-likeness (QED) is 0.534. The fraction of sp³-hybridized carbons (Fsp3) is 0.407. The highest BCUT2D eigenvalue weighted by atomic mass is 32.2. The van der Waals surface area contributed by atoms with E-state index in [0.717, 1.165) is 29.5 Å². The van der Waals surface area contributed by atoms with E-state index < -0.39 is 10.0 Å². The minimum atomic E-state index is -3.53. The lowest BCUT2D eigenvalue weighted by Crippen LogP contribution is -2.34. The number of carbonyl (C=O) groups is 1. The maximum absolute atomic E-state index is 13.2. The first-order chi connectivity index (χ1) is 17.3. The Morgan fingerprint density at radius 3 is 2.47 bits per heavy atom. The van der Waals surface area contributed by atoms with E-state index in [2.05, 4.69) is 24.2 Å². The average molecular weight is 508 g/mol. The molecule has 8 nitrogen and oxygen atoms in total. The summed E-state index contributed by atoms with van der Waals surface area (Å²) in [4.78, 5) is 20.0. The van der Waals surface area contributed by atoms with Crippen molar-refractivity contribution in [1.82, 2.24) is 14.5 Å². The van der Waals surface area contributed by atoms with Crippen LogP contribution in [0.5, 0.6) is 0 Å². The van der Waals surface area contributed by atoms with Gasteiger partial charge in [0.15, 0.2) is 0 Å². The molecule has 36 heavy (non-hydrogen) atoms. The fourth-order valence-corrected chi connectivity index (χ4v) is 7.08.